The number of amides is 2. The van der Waals surface area contributed by atoms with Crippen LogP contribution in [0.3, 0.4) is 0 Å². The molecule has 6 nitrogen and oxygen atoms in total. The molecule has 1 unspecified atom stereocenters. The molecule has 25 heavy (non-hydrogen) atoms. The molecule has 1 atom stereocenters. The predicted molar refractivity (Wildman–Crippen MR) is 96.3 cm³/mol. The average molecular weight is 351 g/mol. The fourth-order valence-corrected chi connectivity index (χ4v) is 4.59. The molecular weight excluding hydrogens is 318 g/mol. The molecule has 0 aromatic heterocycles. The zero-order chi connectivity index (χ0) is 18.2. The van der Waals surface area contributed by atoms with E-state index in [1.165, 1.54) is 0 Å². The number of ether oxygens (including phenoxy) is 1. The van der Waals surface area contributed by atoms with Gasteiger partial charge in [0.05, 0.1) is 5.41 Å². The molecule has 3 rings (SSSR count). The van der Waals surface area contributed by atoms with E-state index in [1.807, 2.05) is 37.6 Å². The minimum absolute atomic E-state index is 0.144. The number of nitrogens with zero attached hydrogens (tertiary/aromatic N) is 3. The Morgan fingerprint density at radius 3 is 2.36 bits per heavy atom. The Balaban J connectivity index is 1.55. The number of carbonyl (C=O) groups excluding carboxylic acids is 2. The van der Waals surface area contributed by atoms with Gasteiger partial charge in [0, 0.05) is 39.3 Å². The predicted octanol–water partition coefficient (Wildman–Crippen LogP) is 2.33. The molecular formula is C19H33N3O3. The normalized spacial score (nSPS) is 29.5. The first-order chi connectivity index (χ1) is 11.7. The van der Waals surface area contributed by atoms with E-state index in [9.17, 15) is 9.59 Å². The molecule has 142 valence electrons. The maximum absolute atomic E-state index is 12.6. The summed E-state index contributed by atoms with van der Waals surface area (Å²) >= 11 is 0. The molecule has 0 bridgehead atoms. The van der Waals surface area contributed by atoms with Crippen molar-refractivity contribution in [2.75, 3.05) is 39.8 Å². The van der Waals surface area contributed by atoms with Gasteiger partial charge in [0.15, 0.2) is 0 Å². The minimum Gasteiger partial charge on any atom is -0.444 e. The molecule has 6 heteroatoms. The molecule has 3 aliphatic rings. The highest BCUT2D eigenvalue weighted by Gasteiger charge is 2.48. The van der Waals surface area contributed by atoms with E-state index >= 15 is 0 Å². The summed E-state index contributed by atoms with van der Waals surface area (Å²) in [4.78, 5) is 31.1. The first-order valence-electron chi connectivity index (χ1n) is 9.68. The lowest BCUT2D eigenvalue weighted by atomic mass is 9.77. The van der Waals surface area contributed by atoms with Crippen LogP contribution in [-0.2, 0) is 9.53 Å². The number of piperidine rings is 2. The largest absolute Gasteiger partial charge is 0.444 e. The first-order valence-corrected chi connectivity index (χ1v) is 9.68. The number of hydrogen-bond acceptors (Lipinski definition) is 4. The highest BCUT2D eigenvalue weighted by atomic mass is 16.6. The zero-order valence-corrected chi connectivity index (χ0v) is 16.2. The summed E-state index contributed by atoms with van der Waals surface area (Å²) < 4.78 is 5.48. The lowest BCUT2D eigenvalue weighted by molar-refractivity contribution is -0.138. The van der Waals surface area contributed by atoms with Crippen LogP contribution in [0, 0.1) is 5.41 Å². The van der Waals surface area contributed by atoms with E-state index in [0.29, 0.717) is 11.9 Å². The van der Waals surface area contributed by atoms with E-state index in [4.69, 9.17) is 4.74 Å². The van der Waals surface area contributed by atoms with Gasteiger partial charge in [-0.25, -0.2) is 4.79 Å². The summed E-state index contributed by atoms with van der Waals surface area (Å²) in [6.45, 7) is 10.1. The second-order valence-corrected chi connectivity index (χ2v) is 9.03. The molecule has 0 saturated carbocycles. The van der Waals surface area contributed by atoms with Crippen LogP contribution in [0.25, 0.3) is 0 Å². The molecule has 3 saturated heterocycles. The third kappa shape index (κ3) is 3.94. The zero-order valence-electron chi connectivity index (χ0n) is 16.2. The Hall–Kier alpha value is -1.30. The number of carbonyl (C=O) groups is 2. The van der Waals surface area contributed by atoms with Crippen LogP contribution in [-0.4, -0.2) is 78.1 Å². The van der Waals surface area contributed by atoms with Gasteiger partial charge in [0.25, 0.3) is 0 Å². The summed E-state index contributed by atoms with van der Waals surface area (Å²) in [7, 11) is 1.93. The van der Waals surface area contributed by atoms with Crippen molar-refractivity contribution in [3.05, 3.63) is 0 Å². The second kappa shape index (κ2) is 6.78. The Labute approximate surface area is 151 Å². The van der Waals surface area contributed by atoms with Crippen molar-refractivity contribution in [2.45, 2.75) is 64.5 Å². The van der Waals surface area contributed by atoms with Gasteiger partial charge >= 0.3 is 6.09 Å². The monoisotopic (exact) mass is 351 g/mol. The standard InChI is InChI=1S/C19H33N3O3/c1-18(2,3)25-17(24)21-11-6-15(7-12-21)22-10-5-8-19(14-22)9-13-20(4)16(19)23/h15H,5-14H2,1-4H3. The molecule has 1 spiro atoms. The topological polar surface area (TPSA) is 53.1 Å². The van der Waals surface area contributed by atoms with Gasteiger partial charge < -0.3 is 14.5 Å². The summed E-state index contributed by atoms with van der Waals surface area (Å²) in [5.41, 5.74) is -0.586. The molecule has 0 aliphatic carbocycles. The van der Waals surface area contributed by atoms with Gasteiger partial charge in [-0.05, 0) is 59.4 Å². The summed E-state index contributed by atoms with van der Waals surface area (Å²) in [6, 6.07) is 0.481. The third-order valence-corrected chi connectivity index (χ3v) is 5.97. The van der Waals surface area contributed by atoms with E-state index in [2.05, 4.69) is 4.90 Å². The average Bonchev–Trinajstić information content (AvgIpc) is 2.82. The van der Waals surface area contributed by atoms with Crippen molar-refractivity contribution in [3.8, 4) is 0 Å². The van der Waals surface area contributed by atoms with Gasteiger partial charge in [-0.15, -0.1) is 0 Å². The molecule has 0 radical (unpaired) electrons. The van der Waals surface area contributed by atoms with Gasteiger partial charge in [0.1, 0.15) is 5.60 Å². The number of hydrogen-bond donors (Lipinski definition) is 0. The molecule has 3 aliphatic heterocycles. The van der Waals surface area contributed by atoms with Crippen LogP contribution in [0.1, 0.15) is 52.9 Å². The van der Waals surface area contributed by atoms with Crippen molar-refractivity contribution >= 4 is 12.0 Å². The Kier molecular flexibility index (Phi) is 5.02. The minimum atomic E-state index is -0.442. The third-order valence-electron chi connectivity index (χ3n) is 5.97. The quantitative estimate of drug-likeness (QED) is 0.728. The van der Waals surface area contributed by atoms with Crippen LogP contribution in [0.5, 0.6) is 0 Å². The number of likely N-dealkylation sites (tertiary alicyclic amines) is 3. The molecule has 3 fully saturated rings. The summed E-state index contributed by atoms with van der Waals surface area (Å²) in [5.74, 6) is 0.336. The van der Waals surface area contributed by atoms with Crippen molar-refractivity contribution < 1.29 is 14.3 Å². The van der Waals surface area contributed by atoms with Crippen LogP contribution in [0.15, 0.2) is 0 Å². The molecule has 3 heterocycles. The van der Waals surface area contributed by atoms with E-state index in [0.717, 1.165) is 64.8 Å². The maximum atomic E-state index is 12.6. The summed E-state index contributed by atoms with van der Waals surface area (Å²) in [6.07, 6.45) is 4.87. The number of rotatable bonds is 1. The van der Waals surface area contributed by atoms with Gasteiger partial charge in [0.2, 0.25) is 5.91 Å². The van der Waals surface area contributed by atoms with Gasteiger partial charge in [-0.3, -0.25) is 9.69 Å². The van der Waals surface area contributed by atoms with Crippen molar-refractivity contribution in [1.29, 1.82) is 0 Å². The van der Waals surface area contributed by atoms with Crippen LogP contribution < -0.4 is 0 Å². The van der Waals surface area contributed by atoms with Crippen molar-refractivity contribution in [3.63, 3.8) is 0 Å². The molecule has 0 aromatic rings. The Morgan fingerprint density at radius 1 is 1.12 bits per heavy atom. The van der Waals surface area contributed by atoms with E-state index < -0.39 is 5.60 Å². The van der Waals surface area contributed by atoms with Crippen LogP contribution >= 0.6 is 0 Å². The highest BCUT2D eigenvalue weighted by molar-refractivity contribution is 5.85. The molecule has 2 amide bonds. The van der Waals surface area contributed by atoms with Crippen molar-refractivity contribution in [2.24, 2.45) is 5.41 Å². The smallest absolute Gasteiger partial charge is 0.410 e. The van der Waals surface area contributed by atoms with Crippen molar-refractivity contribution in [1.82, 2.24) is 14.7 Å². The van der Waals surface area contributed by atoms with E-state index in [-0.39, 0.29) is 11.5 Å². The van der Waals surface area contributed by atoms with Crippen LogP contribution in [0.4, 0.5) is 4.79 Å². The Bertz CT molecular complexity index is 518. The second-order valence-electron chi connectivity index (χ2n) is 9.03. The SMILES string of the molecule is CN1CCC2(CCCN(C3CCN(C(=O)OC(C)(C)C)CC3)C2)C1=O. The van der Waals surface area contributed by atoms with Gasteiger partial charge in [-0.2, -0.15) is 0 Å². The molecule has 0 N–H and O–H groups in total. The fraction of sp³-hybridized carbons (Fsp3) is 0.895. The first kappa shape index (κ1) is 18.5. The van der Waals surface area contributed by atoms with Crippen LogP contribution in [0.2, 0.25) is 0 Å². The lowest BCUT2D eigenvalue weighted by Gasteiger charge is -2.45. The highest BCUT2D eigenvalue weighted by Crippen LogP contribution is 2.40. The van der Waals surface area contributed by atoms with Gasteiger partial charge in [-0.1, -0.05) is 0 Å². The fourth-order valence-electron chi connectivity index (χ4n) is 4.59. The van der Waals surface area contributed by atoms with E-state index in [1.54, 1.807) is 0 Å². The summed E-state index contributed by atoms with van der Waals surface area (Å²) in [5, 5.41) is 0. The maximum Gasteiger partial charge on any atom is 0.410 e. The molecule has 0 aromatic carbocycles. The Morgan fingerprint density at radius 2 is 1.80 bits per heavy atom. The lowest BCUT2D eigenvalue weighted by Crippen LogP contribution is -2.54.